The Morgan fingerprint density at radius 3 is 2.48 bits per heavy atom. The Bertz CT molecular complexity index is 2120. The molecule has 0 N–H and O–H groups in total. The lowest BCUT2D eigenvalue weighted by molar-refractivity contribution is -0.138. The predicted molar refractivity (Wildman–Crippen MR) is 176 cm³/mol. The third-order valence-electron chi connectivity index (χ3n) is 7.40. The lowest BCUT2D eigenvalue weighted by atomic mass is 9.93. The number of methoxy groups -OCH3 is 1. The van der Waals surface area contributed by atoms with E-state index in [0.29, 0.717) is 53.8 Å². The van der Waals surface area contributed by atoms with Crippen LogP contribution in [0.2, 0.25) is 5.02 Å². The number of hydrogen-bond acceptors (Lipinski definition) is 7. The zero-order valence-corrected chi connectivity index (χ0v) is 26.5. The topological polar surface area (TPSA) is 79.1 Å². The Morgan fingerprint density at radius 2 is 1.76 bits per heavy atom. The second-order valence-electron chi connectivity index (χ2n) is 10.3. The largest absolute Gasteiger partial charge is 0.497 e. The van der Waals surface area contributed by atoms with Crippen molar-refractivity contribution in [3.63, 3.8) is 0 Å². The molecule has 0 saturated carbocycles. The van der Waals surface area contributed by atoms with E-state index in [1.807, 2.05) is 42.5 Å². The molecular weight excluding hydrogens is 627 g/mol. The van der Waals surface area contributed by atoms with Gasteiger partial charge in [0.15, 0.2) is 4.80 Å². The fourth-order valence-corrected chi connectivity index (χ4v) is 6.39. The van der Waals surface area contributed by atoms with Crippen molar-refractivity contribution in [1.29, 1.82) is 0 Å². The Morgan fingerprint density at radius 1 is 1.02 bits per heavy atom. The van der Waals surface area contributed by atoms with Gasteiger partial charge in [0.2, 0.25) is 0 Å². The number of hydrogen-bond donors (Lipinski definition) is 0. The quantitative estimate of drug-likeness (QED) is 0.174. The van der Waals surface area contributed by atoms with Gasteiger partial charge in [0.05, 0.1) is 35.6 Å². The smallest absolute Gasteiger partial charge is 0.338 e. The van der Waals surface area contributed by atoms with E-state index in [1.54, 1.807) is 68.6 Å². The van der Waals surface area contributed by atoms with Crippen LogP contribution >= 0.6 is 22.9 Å². The van der Waals surface area contributed by atoms with Crippen molar-refractivity contribution in [1.82, 2.24) is 4.57 Å². The van der Waals surface area contributed by atoms with Crippen molar-refractivity contribution in [3.8, 4) is 11.5 Å². The van der Waals surface area contributed by atoms with Gasteiger partial charge in [-0.15, -0.1) is 0 Å². The molecule has 0 spiro atoms. The standard InChI is InChI=1S/C36H28ClFN2O5S/c1-3-44-35(42)31-32(22-9-5-4-6-10-22)39-36-40(33(31)23-13-16-27(43-2)17-14-23)34(41)30(46-36)20-25-19-26(37)15-18-29(25)45-21-24-11-7-8-12-28(24)38/h4-20,33H,3,21H2,1-2H3/b30-20-/t33-/m1/s1. The summed E-state index contributed by atoms with van der Waals surface area (Å²) in [6.45, 7) is 1.86. The number of fused-ring (bicyclic) bond motifs is 1. The molecule has 6 rings (SSSR count). The van der Waals surface area contributed by atoms with E-state index in [2.05, 4.69) is 0 Å². The molecule has 0 amide bonds. The number of halogens is 2. The molecule has 1 aromatic heterocycles. The van der Waals surface area contributed by atoms with E-state index in [9.17, 15) is 14.0 Å². The van der Waals surface area contributed by atoms with Crippen molar-refractivity contribution in [3.05, 3.63) is 155 Å². The summed E-state index contributed by atoms with van der Waals surface area (Å²) in [5.74, 6) is 0.0997. The molecular formula is C36H28ClFN2O5S. The Hall–Kier alpha value is -4.99. The number of ether oxygens (including phenoxy) is 3. The molecule has 1 aliphatic rings. The van der Waals surface area contributed by atoms with Gasteiger partial charge in [-0.25, -0.2) is 14.2 Å². The lowest BCUT2D eigenvalue weighted by Crippen LogP contribution is -2.40. The molecule has 0 unspecified atom stereocenters. The molecule has 1 aliphatic heterocycles. The van der Waals surface area contributed by atoms with Crippen LogP contribution in [0.4, 0.5) is 4.39 Å². The highest BCUT2D eigenvalue weighted by Crippen LogP contribution is 2.36. The fourth-order valence-electron chi connectivity index (χ4n) is 5.22. The van der Waals surface area contributed by atoms with E-state index in [0.717, 1.165) is 0 Å². The van der Waals surface area contributed by atoms with Crippen LogP contribution < -0.4 is 24.4 Å². The minimum atomic E-state index is -0.838. The Labute approximate surface area is 273 Å². The minimum absolute atomic E-state index is 0.0167. The van der Waals surface area contributed by atoms with Gasteiger partial charge in [-0.2, -0.15) is 0 Å². The molecule has 0 fully saturated rings. The summed E-state index contributed by atoms with van der Waals surface area (Å²) in [6.07, 6.45) is 1.67. The van der Waals surface area contributed by atoms with E-state index < -0.39 is 12.0 Å². The average molecular weight is 655 g/mol. The second kappa shape index (κ2) is 13.6. The van der Waals surface area contributed by atoms with E-state index >= 15 is 0 Å². The first kappa shape index (κ1) is 31.0. The van der Waals surface area contributed by atoms with Crippen LogP contribution in [0.25, 0.3) is 11.8 Å². The first-order valence-electron chi connectivity index (χ1n) is 14.5. The lowest BCUT2D eigenvalue weighted by Gasteiger charge is -2.26. The van der Waals surface area contributed by atoms with Gasteiger partial charge in [0.1, 0.15) is 23.9 Å². The highest BCUT2D eigenvalue weighted by molar-refractivity contribution is 7.07. The molecule has 4 aromatic carbocycles. The maximum absolute atomic E-state index is 14.3. The summed E-state index contributed by atoms with van der Waals surface area (Å²) >= 11 is 7.54. The molecule has 0 radical (unpaired) electrons. The molecule has 7 nitrogen and oxygen atoms in total. The summed E-state index contributed by atoms with van der Waals surface area (Å²) in [5, 5.41) is 0.435. The summed E-state index contributed by atoms with van der Waals surface area (Å²) in [4.78, 5) is 33.2. The maximum Gasteiger partial charge on any atom is 0.338 e. The second-order valence-corrected chi connectivity index (χ2v) is 11.7. The van der Waals surface area contributed by atoms with Gasteiger partial charge >= 0.3 is 5.97 Å². The molecule has 0 saturated heterocycles. The van der Waals surface area contributed by atoms with Crippen LogP contribution in [-0.2, 0) is 16.1 Å². The number of benzene rings is 4. The zero-order chi connectivity index (χ0) is 32.2. The third-order valence-corrected chi connectivity index (χ3v) is 8.62. The van der Waals surface area contributed by atoms with Gasteiger partial charge in [-0.05, 0) is 55.0 Å². The number of thiazole rings is 1. The van der Waals surface area contributed by atoms with Crippen molar-refractivity contribution < 1.29 is 23.4 Å². The number of nitrogens with zero attached hydrogens (tertiary/aromatic N) is 2. The molecule has 5 aromatic rings. The fraction of sp³-hybridized carbons (Fsp3) is 0.139. The summed E-state index contributed by atoms with van der Waals surface area (Å²) < 4.78 is 33.0. The van der Waals surface area contributed by atoms with Gasteiger partial charge in [0.25, 0.3) is 5.56 Å². The van der Waals surface area contributed by atoms with Crippen molar-refractivity contribution in [2.24, 2.45) is 4.99 Å². The molecule has 0 aliphatic carbocycles. The van der Waals surface area contributed by atoms with Crippen LogP contribution in [0, 0.1) is 5.82 Å². The highest BCUT2D eigenvalue weighted by Gasteiger charge is 2.35. The van der Waals surface area contributed by atoms with Crippen LogP contribution in [0.1, 0.15) is 35.2 Å². The zero-order valence-electron chi connectivity index (χ0n) is 24.9. The normalized spacial score (nSPS) is 14.4. The van der Waals surface area contributed by atoms with Crippen molar-refractivity contribution in [2.75, 3.05) is 13.7 Å². The van der Waals surface area contributed by atoms with Crippen LogP contribution in [0.5, 0.6) is 11.5 Å². The van der Waals surface area contributed by atoms with Crippen molar-refractivity contribution >= 4 is 40.7 Å². The number of rotatable bonds is 9. The number of carbonyl (C=O) groups is 1. The summed E-state index contributed by atoms with van der Waals surface area (Å²) in [5.41, 5.74) is 2.61. The minimum Gasteiger partial charge on any atom is -0.497 e. The predicted octanol–water partition coefficient (Wildman–Crippen LogP) is 6.32. The molecule has 0 bridgehead atoms. The van der Waals surface area contributed by atoms with E-state index in [-0.39, 0.29) is 30.2 Å². The van der Waals surface area contributed by atoms with E-state index in [1.165, 1.54) is 22.0 Å². The molecule has 2 heterocycles. The van der Waals surface area contributed by atoms with E-state index in [4.69, 9.17) is 30.8 Å². The molecule has 1 atom stereocenters. The Balaban J connectivity index is 1.54. The third kappa shape index (κ3) is 6.24. The number of aromatic nitrogens is 1. The Kier molecular flexibility index (Phi) is 9.14. The van der Waals surface area contributed by atoms with Gasteiger partial charge in [0, 0.05) is 21.7 Å². The number of esters is 1. The molecule has 10 heteroatoms. The van der Waals surface area contributed by atoms with Crippen LogP contribution in [-0.4, -0.2) is 24.3 Å². The summed E-state index contributed by atoms with van der Waals surface area (Å²) in [6, 6.07) is 27.1. The van der Waals surface area contributed by atoms with Crippen LogP contribution in [0.15, 0.2) is 112 Å². The number of carbonyl (C=O) groups excluding carboxylic acids is 1. The van der Waals surface area contributed by atoms with Crippen molar-refractivity contribution in [2.45, 2.75) is 19.6 Å². The SMILES string of the molecule is CCOC(=O)C1=C(c2ccccc2)N=c2s/c(=C\c3cc(Cl)ccc3OCc3ccccc3F)c(=O)n2[C@@H]1c1ccc(OC)cc1. The first-order chi connectivity index (χ1) is 22.4. The highest BCUT2D eigenvalue weighted by atomic mass is 35.5. The van der Waals surface area contributed by atoms with Gasteiger partial charge in [-0.1, -0.05) is 83.6 Å². The van der Waals surface area contributed by atoms with Gasteiger partial charge in [-0.3, -0.25) is 9.36 Å². The molecule has 46 heavy (non-hydrogen) atoms. The van der Waals surface area contributed by atoms with Gasteiger partial charge < -0.3 is 14.2 Å². The molecule has 232 valence electrons. The summed E-state index contributed by atoms with van der Waals surface area (Å²) in [7, 11) is 1.57. The first-order valence-corrected chi connectivity index (χ1v) is 15.7. The average Bonchev–Trinajstić information content (AvgIpc) is 3.38. The monoisotopic (exact) mass is 654 g/mol. The van der Waals surface area contributed by atoms with Crippen LogP contribution in [0.3, 0.4) is 0 Å². The maximum atomic E-state index is 14.3.